The molecule has 2 saturated heterocycles. The Bertz CT molecular complexity index is 118. The number of rotatable bonds is 0. The van der Waals surface area contributed by atoms with Gasteiger partial charge in [-0.2, -0.15) is 0 Å². The molecule has 2 heteroatoms. The van der Waals surface area contributed by atoms with E-state index in [0.717, 1.165) is 6.61 Å². The van der Waals surface area contributed by atoms with Gasteiger partial charge in [0, 0.05) is 0 Å². The van der Waals surface area contributed by atoms with Gasteiger partial charge in [0.05, 0.1) is 18.2 Å². The maximum absolute atomic E-state index is 5.31. The van der Waals surface area contributed by atoms with Crippen LogP contribution in [0.2, 0.25) is 0 Å². The summed E-state index contributed by atoms with van der Waals surface area (Å²) in [5.41, 5.74) is 0.403. The smallest absolute Gasteiger partial charge is 0.0752 e. The molecule has 0 aromatic heterocycles. The zero-order chi connectivity index (χ0) is 6.32. The van der Waals surface area contributed by atoms with Crippen LogP contribution in [0, 0.1) is 0 Å². The van der Waals surface area contributed by atoms with E-state index >= 15 is 0 Å². The van der Waals surface area contributed by atoms with Crippen LogP contribution < -0.4 is 5.32 Å². The maximum Gasteiger partial charge on any atom is 0.0752 e. The maximum atomic E-state index is 5.31. The van der Waals surface area contributed by atoms with Crippen molar-refractivity contribution in [2.24, 2.45) is 0 Å². The first kappa shape index (κ1) is 5.69. The Morgan fingerprint density at radius 2 is 2.56 bits per heavy atom. The second kappa shape index (κ2) is 1.70. The van der Waals surface area contributed by atoms with Gasteiger partial charge in [0.15, 0.2) is 0 Å². The summed E-state index contributed by atoms with van der Waals surface area (Å²) in [6.07, 6.45) is 3.10. The highest BCUT2D eigenvalue weighted by Crippen LogP contribution is 2.33. The predicted molar refractivity (Wildman–Crippen MR) is 35.4 cm³/mol. The Morgan fingerprint density at radius 1 is 1.67 bits per heavy atom. The number of hydrogen-bond donors (Lipinski definition) is 1. The normalized spacial score (nSPS) is 49.7. The van der Waals surface area contributed by atoms with Gasteiger partial charge >= 0.3 is 0 Å². The Morgan fingerprint density at radius 3 is 2.78 bits per heavy atom. The van der Waals surface area contributed by atoms with Crippen molar-refractivity contribution < 1.29 is 4.74 Å². The SMILES string of the molecule is C[C@@H]1OCC12CCCN2. The lowest BCUT2D eigenvalue weighted by molar-refractivity contribution is -0.131. The average Bonchev–Trinajstić information content (AvgIpc) is 2.34. The summed E-state index contributed by atoms with van der Waals surface area (Å²) in [7, 11) is 0. The number of nitrogens with one attached hydrogen (secondary N) is 1. The molecule has 52 valence electrons. The molecule has 0 bridgehead atoms. The molecule has 2 aliphatic rings. The lowest BCUT2D eigenvalue weighted by Crippen LogP contribution is -2.62. The van der Waals surface area contributed by atoms with Gasteiger partial charge < -0.3 is 10.1 Å². The molecule has 2 fully saturated rings. The summed E-state index contributed by atoms with van der Waals surface area (Å²) >= 11 is 0. The molecule has 9 heavy (non-hydrogen) atoms. The molecule has 2 atom stereocenters. The topological polar surface area (TPSA) is 21.3 Å². The van der Waals surface area contributed by atoms with Gasteiger partial charge in [0.25, 0.3) is 0 Å². The molecule has 0 amide bonds. The molecular formula is C7H13NO. The first-order valence-electron chi connectivity index (χ1n) is 3.70. The van der Waals surface area contributed by atoms with Gasteiger partial charge in [-0.3, -0.25) is 0 Å². The average molecular weight is 127 g/mol. The quantitative estimate of drug-likeness (QED) is 0.512. The van der Waals surface area contributed by atoms with E-state index in [1.54, 1.807) is 0 Å². The van der Waals surface area contributed by atoms with Crippen molar-refractivity contribution >= 4 is 0 Å². The fraction of sp³-hybridized carbons (Fsp3) is 1.00. The van der Waals surface area contributed by atoms with E-state index in [4.69, 9.17) is 4.74 Å². The van der Waals surface area contributed by atoms with Crippen LogP contribution in [-0.2, 0) is 4.74 Å². The number of hydrogen-bond acceptors (Lipinski definition) is 2. The van der Waals surface area contributed by atoms with E-state index in [-0.39, 0.29) is 0 Å². The minimum absolute atomic E-state index is 0.403. The highest BCUT2D eigenvalue weighted by Gasteiger charge is 2.47. The van der Waals surface area contributed by atoms with E-state index in [9.17, 15) is 0 Å². The lowest BCUT2D eigenvalue weighted by Gasteiger charge is -2.45. The predicted octanol–water partition coefficient (Wildman–Crippen LogP) is 0.527. The Labute approximate surface area is 55.6 Å². The molecule has 2 nitrogen and oxygen atoms in total. The van der Waals surface area contributed by atoms with Crippen LogP contribution in [0.3, 0.4) is 0 Å². The third kappa shape index (κ3) is 0.634. The highest BCUT2D eigenvalue weighted by atomic mass is 16.5. The third-order valence-corrected chi connectivity index (χ3v) is 2.65. The van der Waals surface area contributed by atoms with Crippen LogP contribution in [-0.4, -0.2) is 24.8 Å². The van der Waals surface area contributed by atoms with Gasteiger partial charge in [0.2, 0.25) is 0 Å². The van der Waals surface area contributed by atoms with Gasteiger partial charge in [-0.1, -0.05) is 0 Å². The van der Waals surface area contributed by atoms with Crippen LogP contribution in [0.25, 0.3) is 0 Å². The van der Waals surface area contributed by atoms with Crippen molar-refractivity contribution in [2.75, 3.05) is 13.2 Å². The van der Waals surface area contributed by atoms with E-state index in [1.807, 2.05) is 0 Å². The van der Waals surface area contributed by atoms with Crippen LogP contribution in [0.1, 0.15) is 19.8 Å². The van der Waals surface area contributed by atoms with Gasteiger partial charge in [-0.25, -0.2) is 0 Å². The Balaban J connectivity index is 2.06. The van der Waals surface area contributed by atoms with Crippen LogP contribution >= 0.6 is 0 Å². The molecule has 0 aromatic rings. The molecule has 2 rings (SSSR count). The second-order valence-electron chi connectivity index (χ2n) is 3.14. The van der Waals surface area contributed by atoms with Crippen molar-refractivity contribution in [3.05, 3.63) is 0 Å². The summed E-state index contributed by atoms with van der Waals surface area (Å²) in [4.78, 5) is 0. The number of ether oxygens (including phenoxy) is 1. The molecule has 1 N–H and O–H groups in total. The second-order valence-corrected chi connectivity index (χ2v) is 3.14. The first-order valence-corrected chi connectivity index (χ1v) is 3.70. The monoisotopic (exact) mass is 127 g/mol. The molecule has 1 unspecified atom stereocenters. The molecule has 0 saturated carbocycles. The summed E-state index contributed by atoms with van der Waals surface area (Å²) < 4.78 is 5.31. The Kier molecular flexibility index (Phi) is 1.08. The summed E-state index contributed by atoms with van der Waals surface area (Å²) in [6.45, 7) is 4.28. The summed E-state index contributed by atoms with van der Waals surface area (Å²) in [6, 6.07) is 0. The molecule has 2 heterocycles. The molecule has 1 spiro atoms. The summed E-state index contributed by atoms with van der Waals surface area (Å²) in [5.74, 6) is 0. The van der Waals surface area contributed by atoms with Crippen molar-refractivity contribution in [1.29, 1.82) is 0 Å². The minimum atomic E-state index is 0.403. The molecule has 2 aliphatic heterocycles. The zero-order valence-electron chi connectivity index (χ0n) is 5.81. The van der Waals surface area contributed by atoms with Crippen molar-refractivity contribution in [3.8, 4) is 0 Å². The Hall–Kier alpha value is -0.0800. The fourth-order valence-corrected chi connectivity index (χ4v) is 1.75. The summed E-state index contributed by atoms with van der Waals surface area (Å²) in [5, 5.41) is 3.49. The van der Waals surface area contributed by atoms with Crippen LogP contribution in [0.15, 0.2) is 0 Å². The van der Waals surface area contributed by atoms with Gasteiger partial charge in [-0.15, -0.1) is 0 Å². The van der Waals surface area contributed by atoms with Crippen molar-refractivity contribution in [3.63, 3.8) is 0 Å². The van der Waals surface area contributed by atoms with Crippen LogP contribution in [0.4, 0.5) is 0 Å². The van der Waals surface area contributed by atoms with E-state index < -0.39 is 0 Å². The van der Waals surface area contributed by atoms with E-state index in [1.165, 1.54) is 19.4 Å². The molecule has 0 radical (unpaired) electrons. The van der Waals surface area contributed by atoms with E-state index in [0.29, 0.717) is 11.6 Å². The third-order valence-electron chi connectivity index (χ3n) is 2.65. The highest BCUT2D eigenvalue weighted by molar-refractivity contribution is 5.03. The van der Waals surface area contributed by atoms with Crippen molar-refractivity contribution in [1.82, 2.24) is 5.32 Å². The lowest BCUT2D eigenvalue weighted by atomic mass is 9.88. The van der Waals surface area contributed by atoms with Crippen LogP contribution in [0.5, 0.6) is 0 Å². The molecule has 0 aliphatic carbocycles. The standard InChI is InChI=1S/C7H13NO/c1-6-7(5-9-6)3-2-4-8-7/h6,8H,2-5H2,1H3/t6-,7?/m0/s1. The zero-order valence-corrected chi connectivity index (χ0v) is 5.81. The van der Waals surface area contributed by atoms with Gasteiger partial charge in [-0.05, 0) is 26.3 Å². The van der Waals surface area contributed by atoms with E-state index in [2.05, 4.69) is 12.2 Å². The minimum Gasteiger partial charge on any atom is -0.374 e. The molecule has 0 aromatic carbocycles. The van der Waals surface area contributed by atoms with Crippen molar-refractivity contribution in [2.45, 2.75) is 31.4 Å². The van der Waals surface area contributed by atoms with Gasteiger partial charge in [0.1, 0.15) is 0 Å². The first-order chi connectivity index (χ1) is 4.33. The molecular weight excluding hydrogens is 114 g/mol. The fourth-order valence-electron chi connectivity index (χ4n) is 1.75. The largest absolute Gasteiger partial charge is 0.374 e.